The number of benzene rings is 2. The zero-order valence-electron chi connectivity index (χ0n) is 19.5. The molecule has 1 aromatic heterocycles. The number of carbonyl (C=O) groups is 2. The summed E-state index contributed by atoms with van der Waals surface area (Å²) in [6.45, 7) is 1.42. The lowest BCUT2D eigenvalue weighted by atomic mass is 10.1. The summed E-state index contributed by atoms with van der Waals surface area (Å²) in [5.74, 6) is -15.8. The highest BCUT2D eigenvalue weighted by Gasteiger charge is 2.76. The largest absolute Gasteiger partial charge is 0.460 e. The average molecular weight is 540 g/mol. The fourth-order valence-electron chi connectivity index (χ4n) is 3.58. The highest BCUT2D eigenvalue weighted by atomic mass is 19.4. The van der Waals surface area contributed by atoms with Gasteiger partial charge in [-0.05, 0) is 49.6 Å². The van der Waals surface area contributed by atoms with E-state index in [1.54, 1.807) is 30.3 Å². The quantitative estimate of drug-likeness (QED) is 0.218. The minimum absolute atomic E-state index is 0.127. The molecule has 1 saturated carbocycles. The molecule has 2 aromatic carbocycles. The van der Waals surface area contributed by atoms with Crippen molar-refractivity contribution in [3.63, 3.8) is 0 Å². The van der Waals surface area contributed by atoms with Crippen molar-refractivity contribution >= 4 is 34.1 Å². The Morgan fingerprint density at radius 3 is 2.29 bits per heavy atom. The fraction of sp³-hybridized carbons (Fsp3) is 0.280. The van der Waals surface area contributed by atoms with Crippen LogP contribution in [0.3, 0.4) is 0 Å². The molecule has 200 valence electrons. The van der Waals surface area contributed by atoms with E-state index in [4.69, 9.17) is 0 Å². The molecule has 0 aliphatic heterocycles. The van der Waals surface area contributed by atoms with Crippen LogP contribution in [0.4, 0.5) is 36.4 Å². The molecule has 0 saturated heterocycles. The summed E-state index contributed by atoms with van der Waals surface area (Å²) in [5, 5.41) is 5.95. The number of hydrazone groups is 1. The number of hydrogen-bond acceptors (Lipinski definition) is 4. The Labute approximate surface area is 210 Å². The molecule has 0 atom stereocenters. The van der Waals surface area contributed by atoms with Crippen molar-refractivity contribution in [2.45, 2.75) is 43.7 Å². The molecule has 4 rings (SSSR count). The van der Waals surface area contributed by atoms with E-state index in [0.29, 0.717) is 16.5 Å². The highest BCUT2D eigenvalue weighted by Crippen LogP contribution is 2.47. The molecule has 38 heavy (non-hydrogen) atoms. The number of para-hydroxylation sites is 1. The monoisotopic (exact) mass is 540 g/mol. The van der Waals surface area contributed by atoms with Crippen LogP contribution in [0.1, 0.15) is 47.3 Å². The summed E-state index contributed by atoms with van der Waals surface area (Å²) in [5.41, 5.74) is 3.94. The molecule has 1 aliphatic rings. The molecular formula is C25H19F7N4O2. The van der Waals surface area contributed by atoms with Gasteiger partial charge in [0.25, 0.3) is 5.91 Å². The number of anilines is 1. The number of nitrogens with zero attached hydrogens (tertiary/aromatic N) is 2. The van der Waals surface area contributed by atoms with Crippen LogP contribution in [0.5, 0.6) is 0 Å². The van der Waals surface area contributed by atoms with Gasteiger partial charge in [-0.1, -0.05) is 30.3 Å². The van der Waals surface area contributed by atoms with Crippen molar-refractivity contribution in [3.05, 3.63) is 71.4 Å². The van der Waals surface area contributed by atoms with Gasteiger partial charge in [-0.2, -0.15) is 35.8 Å². The number of pyridine rings is 1. The van der Waals surface area contributed by atoms with E-state index in [-0.39, 0.29) is 17.2 Å². The summed E-state index contributed by atoms with van der Waals surface area (Å²) >= 11 is 0. The topological polar surface area (TPSA) is 83.4 Å². The molecule has 13 heteroatoms. The number of hydrogen-bond donors (Lipinski definition) is 2. The normalized spacial score (nSPS) is 14.9. The third kappa shape index (κ3) is 5.18. The number of amides is 2. The van der Waals surface area contributed by atoms with Crippen LogP contribution in [-0.4, -0.2) is 40.5 Å². The first-order chi connectivity index (χ1) is 17.7. The fourth-order valence-corrected chi connectivity index (χ4v) is 3.58. The van der Waals surface area contributed by atoms with Crippen LogP contribution >= 0.6 is 0 Å². The van der Waals surface area contributed by atoms with E-state index in [1.807, 2.05) is 0 Å². The predicted molar refractivity (Wildman–Crippen MR) is 124 cm³/mol. The molecule has 0 spiro atoms. The Balaban J connectivity index is 1.52. The maximum Gasteiger partial charge on any atom is 0.460 e. The van der Waals surface area contributed by atoms with Gasteiger partial charge in [0.05, 0.1) is 16.8 Å². The molecule has 3 aromatic rings. The van der Waals surface area contributed by atoms with Gasteiger partial charge >= 0.3 is 23.9 Å². The highest BCUT2D eigenvalue weighted by molar-refractivity contribution is 6.07. The summed E-state index contributed by atoms with van der Waals surface area (Å²) in [6.07, 6.45) is -4.71. The van der Waals surface area contributed by atoms with E-state index in [1.165, 1.54) is 24.4 Å². The molecule has 0 bridgehead atoms. The Bertz CT molecular complexity index is 1430. The molecular weight excluding hydrogens is 521 g/mol. The van der Waals surface area contributed by atoms with Crippen molar-refractivity contribution in [2.24, 2.45) is 5.10 Å². The molecule has 0 radical (unpaired) electrons. The first-order valence-electron chi connectivity index (χ1n) is 11.2. The van der Waals surface area contributed by atoms with Crippen LogP contribution in [0.2, 0.25) is 0 Å². The number of fused-ring (bicyclic) bond motifs is 1. The number of alkyl halides is 7. The molecule has 2 N–H and O–H groups in total. The van der Waals surface area contributed by atoms with Gasteiger partial charge in [0.15, 0.2) is 0 Å². The average Bonchev–Trinajstić information content (AvgIpc) is 3.71. The number of aromatic nitrogens is 1. The predicted octanol–water partition coefficient (Wildman–Crippen LogP) is 6.04. The summed E-state index contributed by atoms with van der Waals surface area (Å²) in [6, 6.07) is 13.4. The molecule has 1 heterocycles. The molecule has 2 amide bonds. The number of rotatable bonds is 7. The Morgan fingerprint density at radius 1 is 0.947 bits per heavy atom. The van der Waals surface area contributed by atoms with Crippen molar-refractivity contribution in [3.8, 4) is 0 Å². The lowest BCUT2D eigenvalue weighted by molar-refractivity contribution is -0.343. The molecule has 1 aliphatic carbocycles. The summed E-state index contributed by atoms with van der Waals surface area (Å²) in [7, 11) is 0. The zero-order valence-corrected chi connectivity index (χ0v) is 19.5. The van der Waals surface area contributed by atoms with Gasteiger partial charge in [-0.15, -0.1) is 0 Å². The van der Waals surface area contributed by atoms with Crippen LogP contribution in [0, 0.1) is 0 Å². The number of carbonyl (C=O) groups excluding carboxylic acids is 2. The van der Waals surface area contributed by atoms with Crippen LogP contribution < -0.4 is 10.7 Å². The first kappa shape index (κ1) is 27.0. The second kappa shape index (κ2) is 9.69. The first-order valence-corrected chi connectivity index (χ1v) is 11.2. The van der Waals surface area contributed by atoms with Crippen molar-refractivity contribution in [1.82, 2.24) is 10.4 Å². The van der Waals surface area contributed by atoms with E-state index < -0.39 is 35.5 Å². The standard InChI is InChI=1S/C25H19F7N4O2/c1-13(15-5-4-6-16(11-15)33-22(38)23(26,27)24(28,29)25(30,31)32)35-36-21(37)18-12-20(14-9-10-14)34-19-8-3-2-7-17(18)19/h2-8,11-12,14H,9-10H2,1H3,(H,33,38)(H,36,37). The Kier molecular flexibility index (Phi) is 6.89. The Morgan fingerprint density at radius 2 is 1.63 bits per heavy atom. The van der Waals surface area contributed by atoms with Crippen LogP contribution in [0.25, 0.3) is 10.9 Å². The summed E-state index contributed by atoms with van der Waals surface area (Å²) < 4.78 is 90.7. The third-order valence-corrected chi connectivity index (χ3v) is 5.88. The minimum atomic E-state index is -6.64. The van der Waals surface area contributed by atoms with E-state index in [9.17, 15) is 40.3 Å². The number of halogens is 7. The van der Waals surface area contributed by atoms with Gasteiger partial charge in [-0.25, -0.2) is 5.43 Å². The van der Waals surface area contributed by atoms with Gasteiger partial charge in [0.2, 0.25) is 0 Å². The van der Waals surface area contributed by atoms with Crippen LogP contribution in [-0.2, 0) is 4.79 Å². The van der Waals surface area contributed by atoms with Crippen molar-refractivity contribution in [2.75, 3.05) is 5.32 Å². The second-order valence-corrected chi connectivity index (χ2v) is 8.71. The van der Waals surface area contributed by atoms with Crippen LogP contribution in [0.15, 0.2) is 59.7 Å². The smallest absolute Gasteiger partial charge is 0.321 e. The summed E-state index contributed by atoms with van der Waals surface area (Å²) in [4.78, 5) is 29.2. The van der Waals surface area contributed by atoms with E-state index in [0.717, 1.165) is 30.7 Å². The lowest BCUT2D eigenvalue weighted by Gasteiger charge is -2.27. The maximum absolute atomic E-state index is 13.6. The van der Waals surface area contributed by atoms with Gasteiger partial charge in [-0.3, -0.25) is 14.6 Å². The van der Waals surface area contributed by atoms with E-state index in [2.05, 4.69) is 15.5 Å². The minimum Gasteiger partial charge on any atom is -0.321 e. The SMILES string of the molecule is CC(=NNC(=O)c1cc(C2CC2)nc2ccccc12)c1cccc(NC(=O)C(F)(F)C(F)(F)C(F)(F)F)c1. The number of nitrogens with one attached hydrogen (secondary N) is 2. The third-order valence-electron chi connectivity index (χ3n) is 5.88. The molecule has 6 nitrogen and oxygen atoms in total. The van der Waals surface area contributed by atoms with E-state index >= 15 is 0 Å². The van der Waals surface area contributed by atoms with Gasteiger partial charge in [0, 0.05) is 22.7 Å². The van der Waals surface area contributed by atoms with Crippen molar-refractivity contribution in [1.29, 1.82) is 0 Å². The Hall–Kier alpha value is -4.03. The molecule has 0 unspecified atom stereocenters. The molecule has 1 fully saturated rings. The van der Waals surface area contributed by atoms with Gasteiger partial charge in [0.1, 0.15) is 0 Å². The van der Waals surface area contributed by atoms with Gasteiger partial charge < -0.3 is 5.32 Å². The maximum atomic E-state index is 13.6. The lowest BCUT2D eigenvalue weighted by Crippen LogP contribution is -2.57. The second-order valence-electron chi connectivity index (χ2n) is 8.71. The zero-order chi connectivity index (χ0) is 27.9. The van der Waals surface area contributed by atoms with Crippen molar-refractivity contribution < 1.29 is 40.3 Å².